The highest BCUT2D eigenvalue weighted by Crippen LogP contribution is 2.24. The van der Waals surface area contributed by atoms with Gasteiger partial charge in [-0.3, -0.25) is 14.9 Å². The minimum absolute atomic E-state index is 0.0106. The zero-order valence-electron chi connectivity index (χ0n) is 11.7. The average Bonchev–Trinajstić information content (AvgIpc) is 2.47. The molecule has 0 aliphatic heterocycles. The topological polar surface area (TPSA) is 63.5 Å². The predicted octanol–water partition coefficient (Wildman–Crippen LogP) is 3.25. The first-order valence-electron chi connectivity index (χ1n) is 7.08. The van der Waals surface area contributed by atoms with Crippen LogP contribution in [-0.2, 0) is 0 Å². The van der Waals surface area contributed by atoms with Crippen LogP contribution in [0.4, 0.5) is 5.69 Å². The van der Waals surface area contributed by atoms with Crippen LogP contribution >= 0.6 is 0 Å². The van der Waals surface area contributed by atoms with Crippen LogP contribution < -0.4 is 0 Å². The van der Waals surface area contributed by atoms with Gasteiger partial charge < -0.3 is 4.90 Å². The van der Waals surface area contributed by atoms with Crippen molar-refractivity contribution in [1.29, 1.82) is 0 Å². The summed E-state index contributed by atoms with van der Waals surface area (Å²) < 4.78 is 0. The summed E-state index contributed by atoms with van der Waals surface area (Å²) in [6.07, 6.45) is 6.20. The van der Waals surface area contributed by atoms with Crippen LogP contribution in [0.15, 0.2) is 24.3 Å². The fourth-order valence-electron chi connectivity index (χ4n) is 2.79. The summed E-state index contributed by atoms with van der Waals surface area (Å²) in [5.41, 5.74) is 0.519. The second-order valence-corrected chi connectivity index (χ2v) is 5.49. The van der Waals surface area contributed by atoms with Crippen molar-refractivity contribution in [2.75, 3.05) is 13.6 Å². The summed E-state index contributed by atoms with van der Waals surface area (Å²) in [7, 11) is 1.80. The van der Waals surface area contributed by atoms with Gasteiger partial charge >= 0.3 is 0 Å². The Morgan fingerprint density at radius 1 is 1.25 bits per heavy atom. The van der Waals surface area contributed by atoms with E-state index in [4.69, 9.17) is 0 Å². The molecule has 0 spiro atoms. The van der Waals surface area contributed by atoms with Gasteiger partial charge in [-0.1, -0.05) is 19.3 Å². The number of nitrogens with zero attached hydrogens (tertiary/aromatic N) is 2. The summed E-state index contributed by atoms with van der Waals surface area (Å²) >= 11 is 0. The highest BCUT2D eigenvalue weighted by Gasteiger charge is 2.19. The first-order valence-corrected chi connectivity index (χ1v) is 7.08. The predicted molar refractivity (Wildman–Crippen MR) is 76.6 cm³/mol. The highest BCUT2D eigenvalue weighted by molar-refractivity contribution is 5.94. The molecular formula is C15H20N2O3. The summed E-state index contributed by atoms with van der Waals surface area (Å²) in [6, 6.07) is 5.80. The second kappa shape index (κ2) is 6.50. The molecule has 1 aliphatic rings. The van der Waals surface area contributed by atoms with E-state index in [9.17, 15) is 14.9 Å². The maximum absolute atomic E-state index is 12.3. The number of nitro benzene ring substituents is 1. The summed E-state index contributed by atoms with van der Waals surface area (Å²) in [5.74, 6) is 0.529. The minimum atomic E-state index is -0.458. The molecule has 0 unspecified atom stereocenters. The van der Waals surface area contributed by atoms with Gasteiger partial charge in [0, 0.05) is 31.3 Å². The fraction of sp³-hybridized carbons (Fsp3) is 0.533. The number of nitro groups is 1. The quantitative estimate of drug-likeness (QED) is 0.626. The van der Waals surface area contributed by atoms with Crippen molar-refractivity contribution in [3.63, 3.8) is 0 Å². The van der Waals surface area contributed by atoms with Crippen molar-refractivity contribution in [2.45, 2.75) is 32.1 Å². The summed E-state index contributed by atoms with van der Waals surface area (Å²) in [5, 5.41) is 10.6. The Bertz CT molecular complexity index is 478. The van der Waals surface area contributed by atoms with Crippen molar-refractivity contribution < 1.29 is 9.72 Å². The molecule has 20 heavy (non-hydrogen) atoms. The molecule has 5 nitrogen and oxygen atoms in total. The molecule has 2 rings (SSSR count). The molecule has 1 aromatic carbocycles. The summed E-state index contributed by atoms with van der Waals surface area (Å²) in [4.78, 5) is 24.1. The molecule has 5 heteroatoms. The summed E-state index contributed by atoms with van der Waals surface area (Å²) in [6.45, 7) is 0.774. The molecule has 0 saturated heterocycles. The molecule has 0 bridgehead atoms. The molecule has 0 aromatic heterocycles. The zero-order chi connectivity index (χ0) is 14.5. The normalized spacial score (nSPS) is 15.8. The van der Waals surface area contributed by atoms with E-state index in [0.717, 1.165) is 6.54 Å². The Labute approximate surface area is 118 Å². The van der Waals surface area contributed by atoms with E-state index in [1.165, 1.54) is 56.4 Å². The number of amides is 1. The van der Waals surface area contributed by atoms with Gasteiger partial charge in [0.25, 0.3) is 11.6 Å². The number of carbonyl (C=O) groups excluding carboxylic acids is 1. The van der Waals surface area contributed by atoms with E-state index in [1.807, 2.05) is 0 Å². The lowest BCUT2D eigenvalue weighted by atomic mass is 9.89. The molecule has 1 aliphatic carbocycles. The smallest absolute Gasteiger partial charge is 0.269 e. The van der Waals surface area contributed by atoms with Crippen molar-refractivity contribution >= 4 is 11.6 Å². The lowest BCUT2D eigenvalue weighted by Gasteiger charge is -2.27. The van der Waals surface area contributed by atoms with Crippen LogP contribution in [0.1, 0.15) is 42.5 Å². The highest BCUT2D eigenvalue weighted by atomic mass is 16.6. The Morgan fingerprint density at radius 2 is 1.85 bits per heavy atom. The number of hydrogen-bond acceptors (Lipinski definition) is 3. The van der Waals surface area contributed by atoms with Crippen LogP contribution in [0.25, 0.3) is 0 Å². The standard InChI is InChI=1S/C15H20N2O3/c1-16(11-12-5-3-2-4-6-12)15(18)13-7-9-14(10-8-13)17(19)20/h7-10,12H,2-6,11H2,1H3. The Balaban J connectivity index is 1.96. The third-order valence-electron chi connectivity index (χ3n) is 3.93. The van der Waals surface area contributed by atoms with Gasteiger partial charge in [0.2, 0.25) is 0 Å². The average molecular weight is 276 g/mol. The van der Waals surface area contributed by atoms with Crippen LogP contribution in [0.3, 0.4) is 0 Å². The van der Waals surface area contributed by atoms with Gasteiger partial charge in [-0.2, -0.15) is 0 Å². The van der Waals surface area contributed by atoms with E-state index in [2.05, 4.69) is 0 Å². The molecule has 0 atom stereocenters. The van der Waals surface area contributed by atoms with Gasteiger partial charge in [0.05, 0.1) is 4.92 Å². The molecule has 0 N–H and O–H groups in total. The van der Waals surface area contributed by atoms with E-state index < -0.39 is 4.92 Å². The van der Waals surface area contributed by atoms with Crippen molar-refractivity contribution in [3.05, 3.63) is 39.9 Å². The molecule has 0 radical (unpaired) electrons. The number of non-ortho nitro benzene ring substituents is 1. The first kappa shape index (κ1) is 14.5. The third kappa shape index (κ3) is 3.56. The fourth-order valence-corrected chi connectivity index (χ4v) is 2.79. The number of rotatable bonds is 4. The molecule has 1 aromatic rings. The molecule has 1 fully saturated rings. The van der Waals surface area contributed by atoms with E-state index in [0.29, 0.717) is 11.5 Å². The molecular weight excluding hydrogens is 256 g/mol. The Morgan fingerprint density at radius 3 is 2.40 bits per heavy atom. The molecule has 1 amide bonds. The Hall–Kier alpha value is -1.91. The third-order valence-corrected chi connectivity index (χ3v) is 3.93. The van der Waals surface area contributed by atoms with Gasteiger partial charge in [0.1, 0.15) is 0 Å². The maximum Gasteiger partial charge on any atom is 0.269 e. The van der Waals surface area contributed by atoms with Crippen LogP contribution in [-0.4, -0.2) is 29.3 Å². The second-order valence-electron chi connectivity index (χ2n) is 5.49. The number of hydrogen-bond donors (Lipinski definition) is 0. The lowest BCUT2D eigenvalue weighted by Crippen LogP contribution is -2.32. The lowest BCUT2D eigenvalue weighted by molar-refractivity contribution is -0.384. The SMILES string of the molecule is CN(CC1CCCCC1)C(=O)c1ccc([N+](=O)[O-])cc1. The van der Waals surface area contributed by atoms with E-state index in [1.54, 1.807) is 11.9 Å². The van der Waals surface area contributed by atoms with Crippen LogP contribution in [0, 0.1) is 16.0 Å². The van der Waals surface area contributed by atoms with E-state index in [-0.39, 0.29) is 11.6 Å². The molecule has 108 valence electrons. The number of carbonyl (C=O) groups is 1. The van der Waals surface area contributed by atoms with Crippen LogP contribution in [0.2, 0.25) is 0 Å². The van der Waals surface area contributed by atoms with Gasteiger partial charge in [0.15, 0.2) is 0 Å². The number of benzene rings is 1. The largest absolute Gasteiger partial charge is 0.341 e. The van der Waals surface area contributed by atoms with Crippen molar-refractivity contribution in [2.24, 2.45) is 5.92 Å². The van der Waals surface area contributed by atoms with Crippen molar-refractivity contribution in [1.82, 2.24) is 4.90 Å². The van der Waals surface area contributed by atoms with E-state index >= 15 is 0 Å². The van der Waals surface area contributed by atoms with Gasteiger partial charge in [-0.25, -0.2) is 0 Å². The molecule has 1 saturated carbocycles. The van der Waals surface area contributed by atoms with Gasteiger partial charge in [-0.05, 0) is 30.9 Å². The minimum Gasteiger partial charge on any atom is -0.341 e. The maximum atomic E-state index is 12.3. The molecule has 0 heterocycles. The van der Waals surface area contributed by atoms with Gasteiger partial charge in [-0.15, -0.1) is 0 Å². The van der Waals surface area contributed by atoms with Crippen molar-refractivity contribution in [3.8, 4) is 0 Å². The first-order chi connectivity index (χ1) is 9.58. The van der Waals surface area contributed by atoms with Crippen LogP contribution in [0.5, 0.6) is 0 Å². The zero-order valence-corrected chi connectivity index (χ0v) is 11.7. The Kier molecular flexibility index (Phi) is 4.71. The monoisotopic (exact) mass is 276 g/mol.